The zero-order valence-corrected chi connectivity index (χ0v) is 11.7. The molecule has 0 spiro atoms. The van der Waals surface area contributed by atoms with Crippen molar-refractivity contribution in [3.63, 3.8) is 0 Å². The molecule has 1 aromatic rings. The van der Waals surface area contributed by atoms with Crippen molar-refractivity contribution in [2.75, 3.05) is 33.6 Å². The van der Waals surface area contributed by atoms with Crippen LogP contribution in [0.2, 0.25) is 0 Å². The zero-order valence-electron chi connectivity index (χ0n) is 10.8. The summed E-state index contributed by atoms with van der Waals surface area (Å²) in [6.45, 7) is 1.06. The van der Waals surface area contributed by atoms with Crippen molar-refractivity contribution in [1.29, 1.82) is 0 Å². The van der Waals surface area contributed by atoms with Crippen LogP contribution in [-0.4, -0.2) is 48.1 Å². The predicted octanol–water partition coefficient (Wildman–Crippen LogP) is 0.703. The van der Waals surface area contributed by atoms with Gasteiger partial charge in [-0.2, -0.15) is 0 Å². The molecule has 1 atom stereocenters. The summed E-state index contributed by atoms with van der Waals surface area (Å²) < 4.78 is 33.6. The highest BCUT2D eigenvalue weighted by molar-refractivity contribution is 7.90. The monoisotopic (exact) mass is 273 g/mol. The van der Waals surface area contributed by atoms with Crippen LogP contribution in [0.4, 0.5) is 0 Å². The third-order valence-corrected chi connectivity index (χ3v) is 3.43. The van der Waals surface area contributed by atoms with Gasteiger partial charge in [-0.05, 0) is 25.2 Å². The Morgan fingerprint density at radius 1 is 1.39 bits per heavy atom. The third kappa shape index (κ3) is 4.64. The minimum atomic E-state index is -3.21. The van der Waals surface area contributed by atoms with Crippen LogP contribution in [-0.2, 0) is 14.6 Å². The SMILES string of the molecule is CNCC(COC)Oc1cccc(S(C)(=O)=O)c1. The quantitative estimate of drug-likeness (QED) is 0.792. The van der Waals surface area contributed by atoms with Gasteiger partial charge in [-0.1, -0.05) is 6.07 Å². The summed E-state index contributed by atoms with van der Waals surface area (Å²) in [5, 5.41) is 2.99. The summed E-state index contributed by atoms with van der Waals surface area (Å²) in [5.41, 5.74) is 0. The molecule has 1 unspecified atom stereocenters. The molecule has 0 aromatic heterocycles. The van der Waals surface area contributed by atoms with Crippen LogP contribution in [0.25, 0.3) is 0 Å². The van der Waals surface area contributed by atoms with Gasteiger partial charge in [-0.3, -0.25) is 0 Å². The van der Waals surface area contributed by atoms with E-state index in [4.69, 9.17) is 9.47 Å². The van der Waals surface area contributed by atoms with Crippen molar-refractivity contribution in [3.05, 3.63) is 24.3 Å². The van der Waals surface area contributed by atoms with E-state index in [0.29, 0.717) is 18.9 Å². The molecule has 0 saturated carbocycles. The zero-order chi connectivity index (χ0) is 13.6. The van der Waals surface area contributed by atoms with Gasteiger partial charge >= 0.3 is 0 Å². The minimum Gasteiger partial charge on any atom is -0.487 e. The molecule has 0 heterocycles. The van der Waals surface area contributed by atoms with Crippen LogP contribution in [0.1, 0.15) is 0 Å². The van der Waals surface area contributed by atoms with Gasteiger partial charge in [0.2, 0.25) is 0 Å². The van der Waals surface area contributed by atoms with E-state index in [-0.39, 0.29) is 11.0 Å². The first-order valence-corrected chi connectivity index (χ1v) is 7.47. The Kier molecular flexibility index (Phi) is 5.58. The molecule has 0 aliphatic heterocycles. The highest BCUT2D eigenvalue weighted by atomic mass is 32.2. The average Bonchev–Trinajstić information content (AvgIpc) is 2.29. The Morgan fingerprint density at radius 2 is 2.11 bits per heavy atom. The Hall–Kier alpha value is -1.11. The summed E-state index contributed by atoms with van der Waals surface area (Å²) in [7, 11) is 0.202. The number of sulfone groups is 1. The maximum atomic E-state index is 11.4. The fourth-order valence-corrected chi connectivity index (χ4v) is 2.17. The van der Waals surface area contributed by atoms with E-state index in [1.165, 1.54) is 12.3 Å². The van der Waals surface area contributed by atoms with Crippen molar-refractivity contribution < 1.29 is 17.9 Å². The first-order valence-electron chi connectivity index (χ1n) is 5.57. The molecule has 0 radical (unpaired) electrons. The van der Waals surface area contributed by atoms with Crippen molar-refractivity contribution in [1.82, 2.24) is 5.32 Å². The summed E-state index contributed by atoms with van der Waals surface area (Å²) in [4.78, 5) is 0.251. The lowest BCUT2D eigenvalue weighted by molar-refractivity contribution is 0.0817. The first kappa shape index (κ1) is 14.9. The van der Waals surface area contributed by atoms with Crippen molar-refractivity contribution in [3.8, 4) is 5.75 Å². The molecule has 6 heteroatoms. The van der Waals surface area contributed by atoms with E-state index < -0.39 is 9.84 Å². The fourth-order valence-electron chi connectivity index (χ4n) is 1.52. The molecule has 0 amide bonds. The second-order valence-electron chi connectivity index (χ2n) is 4.00. The fraction of sp³-hybridized carbons (Fsp3) is 0.500. The van der Waals surface area contributed by atoms with E-state index in [9.17, 15) is 8.42 Å². The highest BCUT2D eigenvalue weighted by Crippen LogP contribution is 2.18. The van der Waals surface area contributed by atoms with Crippen molar-refractivity contribution in [2.24, 2.45) is 0 Å². The molecular formula is C12H19NO4S. The number of methoxy groups -OCH3 is 1. The third-order valence-electron chi connectivity index (χ3n) is 2.32. The summed E-state index contributed by atoms with van der Waals surface area (Å²) in [6, 6.07) is 6.46. The smallest absolute Gasteiger partial charge is 0.175 e. The molecule has 5 nitrogen and oxygen atoms in total. The summed E-state index contributed by atoms with van der Waals surface area (Å²) in [5.74, 6) is 0.523. The van der Waals surface area contributed by atoms with E-state index >= 15 is 0 Å². The Balaban J connectivity index is 2.83. The maximum Gasteiger partial charge on any atom is 0.175 e. The molecule has 18 heavy (non-hydrogen) atoms. The van der Waals surface area contributed by atoms with Crippen LogP contribution in [0.5, 0.6) is 5.75 Å². The van der Waals surface area contributed by atoms with Gasteiger partial charge in [0.05, 0.1) is 11.5 Å². The van der Waals surface area contributed by atoms with Crippen LogP contribution >= 0.6 is 0 Å². The minimum absolute atomic E-state index is 0.158. The van der Waals surface area contributed by atoms with E-state index in [1.54, 1.807) is 25.3 Å². The molecule has 0 aliphatic rings. The number of benzene rings is 1. The number of hydrogen-bond donors (Lipinski definition) is 1. The second-order valence-corrected chi connectivity index (χ2v) is 6.02. The maximum absolute atomic E-state index is 11.4. The molecule has 0 bridgehead atoms. The molecule has 0 saturated heterocycles. The molecule has 0 aliphatic carbocycles. The normalized spacial score (nSPS) is 13.3. The van der Waals surface area contributed by atoms with Crippen molar-refractivity contribution >= 4 is 9.84 Å². The van der Waals surface area contributed by atoms with Gasteiger partial charge < -0.3 is 14.8 Å². The number of hydrogen-bond acceptors (Lipinski definition) is 5. The molecular weight excluding hydrogens is 254 g/mol. The van der Waals surface area contributed by atoms with Gasteiger partial charge in [0.1, 0.15) is 11.9 Å². The van der Waals surface area contributed by atoms with E-state index in [1.807, 2.05) is 7.05 Å². The lowest BCUT2D eigenvalue weighted by atomic mass is 10.3. The molecule has 1 N–H and O–H groups in total. The second kappa shape index (κ2) is 6.72. The Morgan fingerprint density at radius 3 is 2.67 bits per heavy atom. The predicted molar refractivity (Wildman–Crippen MR) is 69.8 cm³/mol. The Labute approximate surface area is 108 Å². The first-order chi connectivity index (χ1) is 8.47. The largest absolute Gasteiger partial charge is 0.487 e. The summed E-state index contributed by atoms with van der Waals surface area (Å²) >= 11 is 0. The van der Waals surface area contributed by atoms with Crippen LogP contribution in [0, 0.1) is 0 Å². The molecule has 1 aromatic carbocycles. The topological polar surface area (TPSA) is 64.6 Å². The van der Waals surface area contributed by atoms with Crippen molar-refractivity contribution in [2.45, 2.75) is 11.0 Å². The van der Waals surface area contributed by atoms with Crippen LogP contribution < -0.4 is 10.1 Å². The molecule has 1 rings (SSSR count). The van der Waals surface area contributed by atoms with Crippen LogP contribution in [0.15, 0.2) is 29.2 Å². The Bertz CT molecular complexity index is 467. The number of likely N-dealkylation sites (N-methyl/N-ethyl adjacent to an activating group) is 1. The van der Waals surface area contributed by atoms with Gasteiger partial charge in [0, 0.05) is 19.9 Å². The average molecular weight is 273 g/mol. The number of ether oxygens (including phenoxy) is 2. The lowest BCUT2D eigenvalue weighted by Crippen LogP contribution is -2.33. The van der Waals surface area contributed by atoms with E-state index in [0.717, 1.165) is 0 Å². The van der Waals surface area contributed by atoms with Gasteiger partial charge in [0.25, 0.3) is 0 Å². The standard InChI is InChI=1S/C12H19NO4S/c1-13-8-11(9-16-2)17-10-5-4-6-12(7-10)18(3,14)15/h4-7,11,13H,8-9H2,1-3H3. The van der Waals surface area contributed by atoms with Gasteiger partial charge in [-0.25, -0.2) is 8.42 Å². The van der Waals surface area contributed by atoms with Gasteiger partial charge in [0.15, 0.2) is 9.84 Å². The number of nitrogens with one attached hydrogen (secondary N) is 1. The van der Waals surface area contributed by atoms with E-state index in [2.05, 4.69) is 5.32 Å². The van der Waals surface area contributed by atoms with Gasteiger partial charge in [-0.15, -0.1) is 0 Å². The molecule has 102 valence electrons. The lowest BCUT2D eigenvalue weighted by Gasteiger charge is -2.18. The molecule has 0 fully saturated rings. The highest BCUT2D eigenvalue weighted by Gasteiger charge is 2.12. The number of rotatable bonds is 7. The van der Waals surface area contributed by atoms with Crippen LogP contribution in [0.3, 0.4) is 0 Å². The summed E-state index contributed by atoms with van der Waals surface area (Å²) in [6.07, 6.45) is 1.02.